The van der Waals surface area contributed by atoms with Crippen molar-refractivity contribution in [1.82, 2.24) is 10.3 Å². The fraction of sp³-hybridized carbons (Fsp3) is 0.250. The number of nitrogens with zero attached hydrogens (tertiary/aromatic N) is 3. The highest BCUT2D eigenvalue weighted by Gasteiger charge is 2.14. The predicted octanol–water partition coefficient (Wildman–Crippen LogP) is 2.92. The molecular weight excluding hydrogens is 576 g/mol. The van der Waals surface area contributed by atoms with Gasteiger partial charge in [-0.05, 0) is 80.1 Å². The highest BCUT2D eigenvalue weighted by atomic mass is 16.4. The predicted molar refractivity (Wildman–Crippen MR) is 174 cm³/mol. The van der Waals surface area contributed by atoms with Gasteiger partial charge in [0.05, 0.1) is 34.2 Å². The molecule has 0 saturated heterocycles. The first-order chi connectivity index (χ1) is 21.5. The highest BCUT2D eigenvalue weighted by molar-refractivity contribution is 5.95. The molecule has 3 rings (SSSR count). The SMILES string of the molecule is CCNC(=O)c1cc(/C(N)=C/N(N)c2ccc(CCCC(=O)O)cc2)nc(/C(N)=C/N(N)c2ccc(CCCC(=O)O)cc2)c1. The van der Waals surface area contributed by atoms with E-state index in [9.17, 15) is 14.4 Å². The Labute approximate surface area is 261 Å². The van der Waals surface area contributed by atoms with E-state index in [0.717, 1.165) is 11.1 Å². The fourth-order valence-corrected chi connectivity index (χ4v) is 4.36. The van der Waals surface area contributed by atoms with Gasteiger partial charge in [-0.15, -0.1) is 0 Å². The molecule has 11 N–H and O–H groups in total. The van der Waals surface area contributed by atoms with E-state index >= 15 is 0 Å². The van der Waals surface area contributed by atoms with E-state index in [-0.39, 0.29) is 47.1 Å². The van der Waals surface area contributed by atoms with Crippen molar-refractivity contribution in [2.45, 2.75) is 45.4 Å². The van der Waals surface area contributed by atoms with Gasteiger partial charge in [0.2, 0.25) is 0 Å². The van der Waals surface area contributed by atoms with Crippen LogP contribution in [0.1, 0.15) is 65.5 Å². The summed E-state index contributed by atoms with van der Waals surface area (Å²) in [6.07, 6.45) is 5.47. The van der Waals surface area contributed by atoms with E-state index in [4.69, 9.17) is 33.4 Å². The lowest BCUT2D eigenvalue weighted by molar-refractivity contribution is -0.138. The summed E-state index contributed by atoms with van der Waals surface area (Å²) in [6.45, 7) is 2.21. The molecule has 2 aromatic carbocycles. The summed E-state index contributed by atoms with van der Waals surface area (Å²) in [7, 11) is 0. The van der Waals surface area contributed by atoms with Crippen molar-refractivity contribution in [3.05, 3.63) is 101 Å². The van der Waals surface area contributed by atoms with Crippen LogP contribution in [0, 0.1) is 0 Å². The van der Waals surface area contributed by atoms with Gasteiger partial charge >= 0.3 is 11.9 Å². The molecule has 238 valence electrons. The van der Waals surface area contributed by atoms with E-state index in [1.807, 2.05) is 24.3 Å². The number of nitrogens with two attached hydrogens (primary N) is 4. The lowest BCUT2D eigenvalue weighted by Crippen LogP contribution is -2.27. The molecule has 13 nitrogen and oxygen atoms in total. The average Bonchev–Trinajstić information content (AvgIpc) is 3.01. The summed E-state index contributed by atoms with van der Waals surface area (Å²) in [5, 5.41) is 23.1. The second-order valence-electron chi connectivity index (χ2n) is 10.3. The molecule has 13 heteroatoms. The third-order valence-corrected chi connectivity index (χ3v) is 6.75. The largest absolute Gasteiger partial charge is 0.481 e. The number of aryl methyl sites for hydroxylation is 2. The number of pyridine rings is 1. The zero-order valence-corrected chi connectivity index (χ0v) is 25.1. The quantitative estimate of drug-likeness (QED) is 0.0910. The van der Waals surface area contributed by atoms with Crippen molar-refractivity contribution in [2.75, 3.05) is 16.6 Å². The molecule has 3 aromatic rings. The molecule has 0 aliphatic carbocycles. The number of hydrazine groups is 2. The summed E-state index contributed by atoms with van der Waals surface area (Å²) in [5.74, 6) is 10.5. The van der Waals surface area contributed by atoms with Gasteiger partial charge in [-0.25, -0.2) is 16.7 Å². The van der Waals surface area contributed by atoms with Crippen LogP contribution in [0.5, 0.6) is 0 Å². The van der Waals surface area contributed by atoms with Gasteiger partial charge in [0, 0.05) is 37.3 Å². The third-order valence-electron chi connectivity index (χ3n) is 6.75. The van der Waals surface area contributed by atoms with Gasteiger partial charge in [0.1, 0.15) is 0 Å². The van der Waals surface area contributed by atoms with Gasteiger partial charge in [-0.2, -0.15) is 0 Å². The van der Waals surface area contributed by atoms with Crippen molar-refractivity contribution < 1.29 is 24.6 Å². The van der Waals surface area contributed by atoms with Crippen molar-refractivity contribution in [2.24, 2.45) is 23.2 Å². The Kier molecular flexibility index (Phi) is 12.5. The van der Waals surface area contributed by atoms with Gasteiger partial charge < -0.3 is 27.0 Å². The van der Waals surface area contributed by atoms with Gasteiger partial charge in [0.25, 0.3) is 5.91 Å². The number of rotatable bonds is 16. The molecule has 0 spiro atoms. The lowest BCUT2D eigenvalue weighted by atomic mass is 10.1. The van der Waals surface area contributed by atoms with Gasteiger partial charge in [0.15, 0.2) is 0 Å². The molecule has 0 aliphatic heterocycles. The fourth-order valence-electron chi connectivity index (χ4n) is 4.36. The van der Waals surface area contributed by atoms with Crippen LogP contribution >= 0.6 is 0 Å². The highest BCUT2D eigenvalue weighted by Crippen LogP contribution is 2.21. The summed E-state index contributed by atoms with van der Waals surface area (Å²) in [6, 6.07) is 17.7. The molecule has 0 aliphatic rings. The normalized spacial score (nSPS) is 11.6. The minimum Gasteiger partial charge on any atom is -0.481 e. The number of carbonyl (C=O) groups excluding carboxylic acids is 1. The van der Waals surface area contributed by atoms with Crippen LogP contribution in [-0.2, 0) is 22.4 Å². The Hall–Kier alpha value is -5.40. The van der Waals surface area contributed by atoms with E-state index in [1.54, 1.807) is 31.2 Å². The first-order valence-electron chi connectivity index (χ1n) is 14.4. The van der Waals surface area contributed by atoms with E-state index in [1.165, 1.54) is 34.6 Å². The smallest absolute Gasteiger partial charge is 0.303 e. The van der Waals surface area contributed by atoms with Crippen LogP contribution in [0.2, 0.25) is 0 Å². The van der Waals surface area contributed by atoms with Gasteiger partial charge in [-0.3, -0.25) is 24.4 Å². The molecule has 1 heterocycles. The van der Waals surface area contributed by atoms with Crippen molar-refractivity contribution in [3.8, 4) is 0 Å². The molecule has 0 saturated carbocycles. The molecular formula is C32H40N8O5. The molecule has 0 bridgehead atoms. The van der Waals surface area contributed by atoms with Crippen LogP contribution in [0.4, 0.5) is 11.4 Å². The number of carbonyl (C=O) groups is 3. The number of aliphatic carboxylic acids is 2. The summed E-state index contributed by atoms with van der Waals surface area (Å²) >= 11 is 0. The second-order valence-corrected chi connectivity index (χ2v) is 10.3. The van der Waals surface area contributed by atoms with E-state index in [2.05, 4.69) is 10.3 Å². The zero-order valence-electron chi connectivity index (χ0n) is 25.1. The maximum Gasteiger partial charge on any atom is 0.303 e. The van der Waals surface area contributed by atoms with Crippen molar-refractivity contribution in [1.29, 1.82) is 0 Å². The Morgan fingerprint density at radius 1 is 0.756 bits per heavy atom. The lowest BCUT2D eigenvalue weighted by Gasteiger charge is -2.17. The Morgan fingerprint density at radius 2 is 1.16 bits per heavy atom. The summed E-state index contributed by atoms with van der Waals surface area (Å²) < 4.78 is 0. The minimum absolute atomic E-state index is 0.0993. The topological polar surface area (TPSA) is 227 Å². The zero-order chi connectivity index (χ0) is 32.9. The van der Waals surface area contributed by atoms with Crippen molar-refractivity contribution in [3.63, 3.8) is 0 Å². The van der Waals surface area contributed by atoms with Crippen LogP contribution in [-0.4, -0.2) is 39.6 Å². The summed E-state index contributed by atoms with van der Waals surface area (Å²) in [5.41, 5.74) is 17.2. The Balaban J connectivity index is 1.82. The molecule has 45 heavy (non-hydrogen) atoms. The monoisotopic (exact) mass is 616 g/mol. The minimum atomic E-state index is -0.830. The van der Waals surface area contributed by atoms with Crippen LogP contribution < -0.4 is 38.5 Å². The number of hydrogen-bond acceptors (Lipinski definition) is 10. The van der Waals surface area contributed by atoms with Gasteiger partial charge in [-0.1, -0.05) is 24.3 Å². The number of carboxylic acid groups (broad SMARTS) is 2. The molecule has 0 atom stereocenters. The number of aromatic nitrogens is 1. The molecule has 1 amide bonds. The summed E-state index contributed by atoms with van der Waals surface area (Å²) in [4.78, 5) is 38.9. The Bertz CT molecular complexity index is 1430. The first kappa shape index (κ1) is 34.1. The number of anilines is 2. The number of nitrogens with one attached hydrogen (secondary N) is 1. The van der Waals surface area contributed by atoms with Crippen LogP contribution in [0.15, 0.2) is 73.1 Å². The Morgan fingerprint density at radius 3 is 1.51 bits per heavy atom. The number of benzene rings is 2. The third kappa shape index (κ3) is 10.7. The molecule has 1 aromatic heterocycles. The molecule has 0 radical (unpaired) electrons. The maximum atomic E-state index is 12.8. The maximum absolute atomic E-state index is 12.8. The van der Waals surface area contributed by atoms with Crippen LogP contribution in [0.3, 0.4) is 0 Å². The number of amides is 1. The van der Waals surface area contributed by atoms with E-state index in [0.29, 0.717) is 43.6 Å². The molecule has 0 unspecified atom stereocenters. The standard InChI is InChI=1S/C32H40N8O5/c1-2-37-32(45)23-17-28(26(33)19-39(35)24-13-9-21(10-14-24)5-3-7-30(41)42)38-29(18-23)27(34)20-40(36)25-15-11-22(12-16-25)6-4-8-31(43)44/h9-20H,2-8,33-36H2,1H3,(H,37,45)(H,41,42)(H,43,44)/b26-19-,27-20-. The second kappa shape index (κ2) is 16.4. The average molecular weight is 617 g/mol. The van der Waals surface area contributed by atoms with Crippen molar-refractivity contribution >= 4 is 40.6 Å². The number of carboxylic acids is 2. The molecule has 0 fully saturated rings. The van der Waals surface area contributed by atoms with E-state index < -0.39 is 11.9 Å². The first-order valence-corrected chi connectivity index (χ1v) is 14.4. The van der Waals surface area contributed by atoms with Crippen LogP contribution in [0.25, 0.3) is 11.4 Å². The number of hydrogen-bond donors (Lipinski definition) is 7.